The molecule has 1 saturated heterocycles. The topological polar surface area (TPSA) is 90.6 Å². The smallest absolute Gasteiger partial charge is 0.276 e. The number of likely N-dealkylation sites (tertiary alicyclic amines) is 1. The number of hydrogen-bond acceptors (Lipinski definition) is 7. The molecule has 0 aromatic carbocycles. The first kappa shape index (κ1) is 19.4. The van der Waals surface area contributed by atoms with Gasteiger partial charge in [-0.1, -0.05) is 5.16 Å². The van der Waals surface area contributed by atoms with Crippen molar-refractivity contribution in [2.75, 3.05) is 33.4 Å². The van der Waals surface area contributed by atoms with Gasteiger partial charge < -0.3 is 18.9 Å². The van der Waals surface area contributed by atoms with Gasteiger partial charge in [-0.05, 0) is 26.7 Å². The van der Waals surface area contributed by atoms with Gasteiger partial charge in [-0.2, -0.15) is 0 Å². The molecular weight excluding hydrogens is 348 g/mol. The van der Waals surface area contributed by atoms with Crippen LogP contribution in [0.25, 0.3) is 0 Å². The van der Waals surface area contributed by atoms with Crippen LogP contribution in [0.3, 0.4) is 0 Å². The van der Waals surface area contributed by atoms with Crippen molar-refractivity contribution in [1.29, 1.82) is 0 Å². The minimum Gasteiger partial charge on any atom is -0.382 e. The molecule has 2 aromatic rings. The van der Waals surface area contributed by atoms with Crippen LogP contribution < -0.4 is 0 Å². The lowest BCUT2D eigenvalue weighted by molar-refractivity contribution is 0.0603. The van der Waals surface area contributed by atoms with Crippen molar-refractivity contribution in [1.82, 2.24) is 20.0 Å². The standard InChI is InChI=1S/C19H26N4O4/c1-13-10-17(22-27-13)19(24)23-6-4-15(5-7-23)18-16(11-20-14(2)21-18)12-26-9-8-25-3/h10-11,15H,4-9,12H2,1-3H3. The van der Waals surface area contributed by atoms with E-state index in [2.05, 4.69) is 15.1 Å². The molecule has 0 saturated carbocycles. The maximum absolute atomic E-state index is 12.5. The molecule has 8 nitrogen and oxygen atoms in total. The SMILES string of the molecule is COCCOCc1cnc(C)nc1C1CCN(C(=O)c2cc(C)on2)CC1. The molecule has 1 aliphatic heterocycles. The first-order chi connectivity index (χ1) is 13.1. The molecule has 1 aliphatic rings. The average molecular weight is 374 g/mol. The molecule has 27 heavy (non-hydrogen) atoms. The van der Waals surface area contributed by atoms with Crippen molar-refractivity contribution in [3.63, 3.8) is 0 Å². The van der Waals surface area contributed by atoms with Gasteiger partial charge in [0.2, 0.25) is 0 Å². The van der Waals surface area contributed by atoms with Crippen LogP contribution in [0.1, 0.15) is 52.1 Å². The highest BCUT2D eigenvalue weighted by molar-refractivity contribution is 5.92. The van der Waals surface area contributed by atoms with Crippen LogP contribution in [-0.2, 0) is 16.1 Å². The Hall–Kier alpha value is -2.32. The predicted octanol–water partition coefficient (Wildman–Crippen LogP) is 2.26. The van der Waals surface area contributed by atoms with E-state index in [1.54, 1.807) is 20.1 Å². The molecule has 0 spiro atoms. The number of piperidine rings is 1. The van der Waals surface area contributed by atoms with Crippen molar-refractivity contribution in [2.45, 2.75) is 39.2 Å². The largest absolute Gasteiger partial charge is 0.382 e. The number of carbonyl (C=O) groups is 1. The maximum Gasteiger partial charge on any atom is 0.276 e. The van der Waals surface area contributed by atoms with Crippen LogP contribution in [-0.4, -0.2) is 59.3 Å². The second kappa shape index (κ2) is 9.05. The highest BCUT2D eigenvalue weighted by Gasteiger charge is 2.28. The first-order valence-corrected chi connectivity index (χ1v) is 9.20. The number of ether oxygens (including phenoxy) is 2. The summed E-state index contributed by atoms with van der Waals surface area (Å²) in [4.78, 5) is 23.3. The predicted molar refractivity (Wildman–Crippen MR) is 97.4 cm³/mol. The third-order valence-corrected chi connectivity index (χ3v) is 4.72. The lowest BCUT2D eigenvalue weighted by Gasteiger charge is -2.32. The van der Waals surface area contributed by atoms with Crippen LogP contribution in [0.2, 0.25) is 0 Å². The van der Waals surface area contributed by atoms with E-state index in [0.717, 1.165) is 29.9 Å². The number of nitrogens with zero attached hydrogens (tertiary/aromatic N) is 4. The summed E-state index contributed by atoms with van der Waals surface area (Å²) in [7, 11) is 1.65. The summed E-state index contributed by atoms with van der Waals surface area (Å²) >= 11 is 0. The monoisotopic (exact) mass is 374 g/mol. The quantitative estimate of drug-likeness (QED) is 0.687. The van der Waals surface area contributed by atoms with Crippen LogP contribution in [0.4, 0.5) is 0 Å². The van der Waals surface area contributed by atoms with Crippen LogP contribution >= 0.6 is 0 Å². The lowest BCUT2D eigenvalue weighted by atomic mass is 9.90. The number of aryl methyl sites for hydroxylation is 2. The summed E-state index contributed by atoms with van der Waals surface area (Å²) in [5, 5.41) is 3.83. The van der Waals surface area contributed by atoms with Gasteiger partial charge in [0.05, 0.1) is 25.5 Å². The number of rotatable bonds is 7. The summed E-state index contributed by atoms with van der Waals surface area (Å²) in [6.07, 6.45) is 3.55. The van der Waals surface area contributed by atoms with Crippen molar-refractivity contribution in [3.8, 4) is 0 Å². The molecule has 1 amide bonds. The fourth-order valence-electron chi connectivity index (χ4n) is 3.29. The fraction of sp³-hybridized carbons (Fsp3) is 0.579. The van der Waals surface area contributed by atoms with Gasteiger partial charge in [0.15, 0.2) is 5.69 Å². The Balaban J connectivity index is 1.63. The Bertz CT molecular complexity index is 769. The summed E-state index contributed by atoms with van der Waals surface area (Å²) in [6.45, 7) is 6.58. The number of hydrogen-bond donors (Lipinski definition) is 0. The molecule has 0 radical (unpaired) electrons. The van der Waals surface area contributed by atoms with Gasteiger partial charge in [0.1, 0.15) is 11.6 Å². The molecule has 0 atom stereocenters. The van der Waals surface area contributed by atoms with E-state index < -0.39 is 0 Å². The number of aromatic nitrogens is 3. The van der Waals surface area contributed by atoms with Crippen molar-refractivity contribution >= 4 is 5.91 Å². The molecule has 0 aliphatic carbocycles. The number of amides is 1. The van der Waals surface area contributed by atoms with Crippen LogP contribution in [0, 0.1) is 13.8 Å². The molecule has 3 rings (SSSR count). The van der Waals surface area contributed by atoms with E-state index in [-0.39, 0.29) is 11.8 Å². The Labute approximate surface area is 158 Å². The summed E-state index contributed by atoms with van der Waals surface area (Å²) < 4.78 is 15.7. The van der Waals surface area contributed by atoms with Gasteiger partial charge >= 0.3 is 0 Å². The summed E-state index contributed by atoms with van der Waals surface area (Å²) in [5.74, 6) is 1.60. The third-order valence-electron chi connectivity index (χ3n) is 4.72. The second-order valence-electron chi connectivity index (χ2n) is 6.76. The van der Waals surface area contributed by atoms with Crippen molar-refractivity contribution in [2.24, 2.45) is 0 Å². The van der Waals surface area contributed by atoms with Crippen molar-refractivity contribution in [3.05, 3.63) is 40.8 Å². The van der Waals surface area contributed by atoms with E-state index in [4.69, 9.17) is 14.0 Å². The normalized spacial score (nSPS) is 15.3. The summed E-state index contributed by atoms with van der Waals surface area (Å²) in [6, 6.07) is 1.68. The van der Waals surface area contributed by atoms with E-state index in [1.165, 1.54) is 0 Å². The van der Waals surface area contributed by atoms with E-state index in [1.807, 2.05) is 18.0 Å². The number of carbonyl (C=O) groups excluding carboxylic acids is 1. The lowest BCUT2D eigenvalue weighted by Crippen LogP contribution is -2.38. The zero-order chi connectivity index (χ0) is 19.2. The molecule has 0 bridgehead atoms. The second-order valence-corrected chi connectivity index (χ2v) is 6.76. The Kier molecular flexibility index (Phi) is 6.52. The molecular formula is C19H26N4O4. The zero-order valence-electron chi connectivity index (χ0n) is 16.1. The highest BCUT2D eigenvalue weighted by atomic mass is 16.5. The third kappa shape index (κ3) is 4.90. The van der Waals surface area contributed by atoms with Gasteiger partial charge in [0, 0.05) is 43.9 Å². The Morgan fingerprint density at radius 1 is 1.30 bits per heavy atom. The van der Waals surface area contributed by atoms with E-state index >= 15 is 0 Å². The molecule has 3 heterocycles. The molecule has 0 N–H and O–H groups in total. The first-order valence-electron chi connectivity index (χ1n) is 9.20. The Morgan fingerprint density at radius 3 is 2.74 bits per heavy atom. The van der Waals surface area contributed by atoms with E-state index in [0.29, 0.717) is 44.4 Å². The molecule has 1 fully saturated rings. The van der Waals surface area contributed by atoms with Crippen LogP contribution in [0.5, 0.6) is 0 Å². The van der Waals surface area contributed by atoms with Gasteiger partial charge in [0.25, 0.3) is 5.91 Å². The van der Waals surface area contributed by atoms with Gasteiger partial charge in [-0.3, -0.25) is 4.79 Å². The maximum atomic E-state index is 12.5. The summed E-state index contributed by atoms with van der Waals surface area (Å²) in [5.41, 5.74) is 2.41. The highest BCUT2D eigenvalue weighted by Crippen LogP contribution is 2.30. The van der Waals surface area contributed by atoms with Gasteiger partial charge in [-0.15, -0.1) is 0 Å². The minimum atomic E-state index is -0.0766. The van der Waals surface area contributed by atoms with Gasteiger partial charge in [-0.25, -0.2) is 9.97 Å². The van der Waals surface area contributed by atoms with Crippen molar-refractivity contribution < 1.29 is 18.8 Å². The minimum absolute atomic E-state index is 0.0766. The molecule has 8 heteroatoms. The number of methoxy groups -OCH3 is 1. The van der Waals surface area contributed by atoms with E-state index in [9.17, 15) is 4.79 Å². The Morgan fingerprint density at radius 2 is 2.07 bits per heavy atom. The molecule has 2 aromatic heterocycles. The zero-order valence-corrected chi connectivity index (χ0v) is 16.1. The fourth-order valence-corrected chi connectivity index (χ4v) is 3.29. The average Bonchev–Trinajstić information content (AvgIpc) is 3.12. The van der Waals surface area contributed by atoms with Crippen LogP contribution in [0.15, 0.2) is 16.8 Å². The molecule has 146 valence electrons. The molecule has 0 unspecified atom stereocenters.